The molecule has 5 aliphatic rings. The molecule has 0 atom stereocenters. The molecule has 5 heterocycles. The van der Waals surface area contributed by atoms with E-state index in [-0.39, 0.29) is 34.1 Å². The van der Waals surface area contributed by atoms with Crippen molar-refractivity contribution in [2.75, 3.05) is 225 Å². The van der Waals surface area contributed by atoms with E-state index in [4.69, 9.17) is 161 Å². The molecular weight excluding hydrogens is 2030 g/mol. The van der Waals surface area contributed by atoms with Crippen molar-refractivity contribution in [2.24, 2.45) is 5.73 Å². The van der Waals surface area contributed by atoms with Crippen LogP contribution in [0, 0.1) is 22.7 Å². The Morgan fingerprint density at radius 1 is 0.382 bits per heavy atom. The van der Waals surface area contributed by atoms with Gasteiger partial charge in [0.25, 0.3) is 17.7 Å². The summed E-state index contributed by atoms with van der Waals surface area (Å²) in [5.41, 5.74) is 11.6. The summed E-state index contributed by atoms with van der Waals surface area (Å²) in [5.74, 6) is -0.360. The number of nitriles is 2. The number of phenols is 2. The van der Waals surface area contributed by atoms with Gasteiger partial charge in [-0.1, -0.05) is 146 Å². The van der Waals surface area contributed by atoms with Gasteiger partial charge in [0.1, 0.15) is 12.1 Å². The lowest BCUT2D eigenvalue weighted by atomic mass is 10.1. The predicted molar refractivity (Wildman–Crippen MR) is 529 cm³/mol. The van der Waals surface area contributed by atoms with Crippen molar-refractivity contribution >= 4 is 200 Å². The van der Waals surface area contributed by atoms with E-state index < -0.39 is 23.4 Å². The number of phenolic OH excluding ortho intramolecular Hbond substituents is 2. The average molecular weight is 2130 g/mol. The number of anilines is 5. The summed E-state index contributed by atoms with van der Waals surface area (Å²) in [6.07, 6.45) is 0. The molecule has 0 aromatic heterocycles. The first-order chi connectivity index (χ1) is 62.9. The molecule has 700 valence electrons. The highest BCUT2D eigenvalue weighted by Crippen LogP contribution is 2.42. The molecule has 29 nitrogen and oxygen atoms in total. The van der Waals surface area contributed by atoms with Crippen LogP contribution >= 0.6 is 148 Å². The van der Waals surface area contributed by atoms with Gasteiger partial charge >= 0.3 is 5.97 Å². The largest absolute Gasteiger partial charge is 0.504 e. The summed E-state index contributed by atoms with van der Waals surface area (Å²) in [6, 6.07) is 43.8. The van der Waals surface area contributed by atoms with Crippen LogP contribution in [0.2, 0.25) is 50.2 Å². The van der Waals surface area contributed by atoms with Gasteiger partial charge in [-0.15, -0.1) is 0 Å². The fourth-order valence-electron chi connectivity index (χ4n) is 14.2. The summed E-state index contributed by atoms with van der Waals surface area (Å²) < 4.78 is 32.3. The fraction of sp³-hybridized carbons (Fsp3) is 0.333. The monoisotopic (exact) mass is 2120 g/mol. The first-order valence-corrected chi connectivity index (χ1v) is 46.1. The topological polar surface area (TPSA) is 335 Å². The first kappa shape index (κ1) is 106. The summed E-state index contributed by atoms with van der Waals surface area (Å²) in [4.78, 5) is 67.8. The zero-order chi connectivity index (χ0) is 95.1. The minimum Gasteiger partial charge on any atom is -0.504 e. The molecule has 131 heavy (non-hydrogen) atoms. The normalized spacial score (nSPS) is 14.6. The quantitative estimate of drug-likeness (QED) is 0.0292. The summed E-state index contributed by atoms with van der Waals surface area (Å²) in [6.45, 7) is 18.8. The van der Waals surface area contributed by atoms with Gasteiger partial charge in [-0.05, 0) is 141 Å². The van der Waals surface area contributed by atoms with Gasteiger partial charge in [0.15, 0.2) is 46.0 Å². The third kappa shape index (κ3) is 29.2. The number of aromatic hydroxyl groups is 2. The number of carboxylic acid groups (broad SMARTS) is 1. The van der Waals surface area contributed by atoms with Crippen molar-refractivity contribution in [3.8, 4) is 58.1 Å². The maximum Gasteiger partial charge on any atom is 0.335 e. The molecule has 41 heteroatoms. The van der Waals surface area contributed by atoms with Gasteiger partial charge in [0, 0.05) is 154 Å². The SMILES string of the molecule is COc1cc(C(=O)NCN2CCN(c3cccc(Cl)c3Cl)CC2)cc(Br)c1OC.COc1cc(C(=O)NCN2CCN(c3cccc(Cl)c3Cl)CC2)cc(C#N)c1OC.COc1cc(C(=O)O)cc(Br)c1OC.Clc1cccc(N2CCNCC2)c1Cl.N#Cc1cc(C(=O)NCN2CCN(c3cccc(Cl)c3Cl)CC2)cc(O)c1O.NCN1CCN(c2cccc(Cl)c2Cl)CC1. The van der Waals surface area contributed by atoms with Crippen LogP contribution in [0.15, 0.2) is 148 Å². The predicted octanol–water partition coefficient (Wildman–Crippen LogP) is 17.1. The minimum atomic E-state index is -1.01. The second kappa shape index (κ2) is 52.5. The summed E-state index contributed by atoms with van der Waals surface area (Å²) in [7, 11) is 8.95. The van der Waals surface area contributed by atoms with Gasteiger partial charge < -0.3 is 95.2 Å². The number of nitrogens with one attached hydrogen (secondary N) is 4. The zero-order valence-corrected chi connectivity index (χ0v) is 82.9. The number of benzene rings is 9. The summed E-state index contributed by atoms with van der Waals surface area (Å²) >= 11 is 68.1. The number of rotatable bonds is 22. The lowest BCUT2D eigenvalue weighted by molar-refractivity contribution is 0.0695. The fourth-order valence-corrected chi connectivity index (χ4v) is 17.4. The molecule has 9 aromatic rings. The highest BCUT2D eigenvalue weighted by molar-refractivity contribution is 9.11. The van der Waals surface area contributed by atoms with Crippen molar-refractivity contribution in [1.29, 1.82) is 10.5 Å². The maximum absolute atomic E-state index is 12.6. The van der Waals surface area contributed by atoms with E-state index in [1.165, 1.54) is 59.8 Å². The number of carbonyl (C=O) groups excluding carboxylic acids is 3. The Morgan fingerprint density at radius 2 is 0.656 bits per heavy atom. The van der Waals surface area contributed by atoms with Gasteiger partial charge in [-0.3, -0.25) is 34.0 Å². The number of methoxy groups -OCH3 is 6. The zero-order valence-electron chi connectivity index (χ0n) is 72.2. The number of hydrogen-bond acceptors (Lipinski definition) is 25. The lowest BCUT2D eigenvalue weighted by Crippen LogP contribution is -2.50. The maximum atomic E-state index is 12.6. The molecule has 9 N–H and O–H groups in total. The number of carboxylic acids is 1. The number of hydrogen-bond donors (Lipinski definition) is 8. The number of amides is 3. The van der Waals surface area contributed by atoms with Crippen LogP contribution in [0.3, 0.4) is 0 Å². The molecular formula is C90H98Br2Cl10N16O13. The molecule has 0 radical (unpaired) electrons. The smallest absolute Gasteiger partial charge is 0.335 e. The molecule has 9 aromatic carbocycles. The lowest BCUT2D eigenvalue weighted by Gasteiger charge is -2.36. The Bertz CT molecular complexity index is 5500. The van der Waals surface area contributed by atoms with E-state index in [0.717, 1.165) is 152 Å². The Labute approximate surface area is 828 Å². The van der Waals surface area contributed by atoms with Crippen LogP contribution < -0.4 is 79.9 Å². The number of nitrogens with zero attached hydrogens (tertiary/aromatic N) is 11. The Hall–Kier alpha value is -9.14. The number of piperazine rings is 5. The van der Waals surface area contributed by atoms with Crippen LogP contribution in [0.4, 0.5) is 28.4 Å². The van der Waals surface area contributed by atoms with Gasteiger partial charge in [0.05, 0.1) is 167 Å². The van der Waals surface area contributed by atoms with E-state index in [0.29, 0.717) is 145 Å². The third-order valence-electron chi connectivity index (χ3n) is 21.3. The first-order valence-electron chi connectivity index (χ1n) is 40.7. The van der Waals surface area contributed by atoms with Gasteiger partial charge in [-0.25, -0.2) is 4.79 Å². The number of carbonyl (C=O) groups is 4. The van der Waals surface area contributed by atoms with Crippen molar-refractivity contribution in [2.45, 2.75) is 0 Å². The molecule has 5 fully saturated rings. The molecule has 14 rings (SSSR count). The van der Waals surface area contributed by atoms with E-state index >= 15 is 0 Å². The molecule has 0 bridgehead atoms. The summed E-state index contributed by atoms with van der Waals surface area (Å²) in [5, 5.41) is 64.0. The highest BCUT2D eigenvalue weighted by Gasteiger charge is 2.28. The molecule has 0 spiro atoms. The molecule has 0 unspecified atom stereocenters. The molecule has 5 aliphatic heterocycles. The molecule has 3 amide bonds. The molecule has 0 aliphatic carbocycles. The second-order valence-electron chi connectivity index (χ2n) is 29.3. The molecule has 0 saturated carbocycles. The van der Waals surface area contributed by atoms with Crippen molar-refractivity contribution < 1.29 is 62.9 Å². The van der Waals surface area contributed by atoms with E-state index in [2.05, 4.69) is 97.2 Å². The van der Waals surface area contributed by atoms with Crippen LogP contribution in [0.25, 0.3) is 0 Å². The number of ether oxygens (including phenoxy) is 6. The van der Waals surface area contributed by atoms with Crippen LogP contribution in [-0.2, 0) is 0 Å². The van der Waals surface area contributed by atoms with E-state index in [1.807, 2.05) is 78.9 Å². The third-order valence-corrected chi connectivity index (χ3v) is 26.5. The Kier molecular flexibility index (Phi) is 42.3. The number of halogens is 12. The Balaban J connectivity index is 0.000000182. The Morgan fingerprint density at radius 3 is 0.954 bits per heavy atom. The van der Waals surface area contributed by atoms with Crippen molar-refractivity contribution in [3.05, 3.63) is 232 Å². The average Bonchev–Trinajstić information content (AvgIpc) is 0.804. The van der Waals surface area contributed by atoms with Gasteiger partial charge in [-0.2, -0.15) is 10.5 Å². The molecule has 5 saturated heterocycles. The second-order valence-corrected chi connectivity index (χ2v) is 34.9. The van der Waals surface area contributed by atoms with Crippen LogP contribution in [-0.4, -0.2) is 259 Å². The van der Waals surface area contributed by atoms with Crippen LogP contribution in [0.5, 0.6) is 46.0 Å². The van der Waals surface area contributed by atoms with Gasteiger partial charge in [0.2, 0.25) is 0 Å². The number of nitrogens with two attached hydrogens (primary N) is 1. The standard InChI is InChI=1S/C21H22Cl2N4O3.C20H22BrCl2N3O3.C19H18Cl2N4O3.C11H15Cl2N3.C10H12Cl2N2.C9H9BrO4/c1-29-18-11-14(10-15(12-24)20(18)30-2)21(28)25-13-26-6-8-27(9-7-26)17-5-3-4-16(22)19(17)23;1-28-17-11-13(10-14(21)19(17)29-2)20(27)24-12-25-6-8-26(9-7-25)16-5-3-4-15(22)18(16)23;20-14-2-1-3-15(17(14)21)25-6-4-24(5-7-25)11-23-19(28)12-8-13(10-22)18(27)16(26)9-12;12-9-2-1-3-10(11(9)13)16-6-4-15(8-14)5-7-16;11-8-2-1-3-9(10(8)12)14-6-4-13-5-7-14;1-13-7-4-5(9(11)12)3-6(10)8(7)14-2/h3-5,10-11H,6-9,13H2,1-2H3,(H,25,28);3-5,10-11H,6-9,12H2,1-2H3,(H,24,27);1-3,8-9,26-27H,4-7,11H2,(H,23,28);1-3H,4-8,14H2;1-3,13H,4-7H2;3-4H,1-2H3,(H,11,12). The highest BCUT2D eigenvalue weighted by atomic mass is 79.9. The van der Waals surface area contributed by atoms with Crippen molar-refractivity contribution in [1.82, 2.24) is 40.9 Å². The minimum absolute atomic E-state index is 0.108. The van der Waals surface area contributed by atoms with Crippen molar-refractivity contribution in [3.63, 3.8) is 0 Å². The van der Waals surface area contributed by atoms with Crippen LogP contribution in [0.1, 0.15) is 52.6 Å². The number of aromatic carboxylic acids is 1. The van der Waals surface area contributed by atoms with E-state index in [1.54, 1.807) is 49.6 Å². The van der Waals surface area contributed by atoms with E-state index in [9.17, 15) is 34.7 Å².